The van der Waals surface area contributed by atoms with Crippen LogP contribution < -0.4 is 10.2 Å². The molecule has 0 atom stereocenters. The first kappa shape index (κ1) is 27.2. The summed E-state index contributed by atoms with van der Waals surface area (Å²) < 4.78 is 1.78. The fourth-order valence-electron chi connectivity index (χ4n) is 6.41. The molecule has 0 spiro atoms. The van der Waals surface area contributed by atoms with Crippen LogP contribution in [0.3, 0.4) is 0 Å². The minimum atomic E-state index is -0.871. The average molecular weight is 586 g/mol. The molecule has 1 aliphatic carbocycles. The number of benzene rings is 2. The lowest BCUT2D eigenvalue weighted by Gasteiger charge is -2.42. The van der Waals surface area contributed by atoms with Gasteiger partial charge in [-0.25, -0.2) is 4.52 Å². The summed E-state index contributed by atoms with van der Waals surface area (Å²) in [4.78, 5) is 24.7. The molecule has 2 aliphatic heterocycles. The molecule has 9 nitrogen and oxygen atoms in total. The fourth-order valence-corrected chi connectivity index (χ4v) is 6.53. The molecular formula is C32H36ClN7O2. The van der Waals surface area contributed by atoms with Crippen molar-refractivity contribution in [2.24, 2.45) is 0 Å². The van der Waals surface area contributed by atoms with Gasteiger partial charge < -0.3 is 20.2 Å². The number of fused-ring (bicyclic) bond motifs is 1. The van der Waals surface area contributed by atoms with E-state index in [4.69, 9.17) is 16.6 Å². The van der Waals surface area contributed by atoms with Gasteiger partial charge in [0.1, 0.15) is 0 Å². The highest BCUT2D eigenvalue weighted by Gasteiger charge is 2.35. The standard InChI is InChI=1S/C32H36ClN7O2/c33-25-10-8-24(9-11-25)32(42)14-17-38(18-15-32)28-5-2-16-40-29(28)35-31(36-40)34-26-12-6-23(7-13-26)30(41)39-21-19-37(20-22-39)27-3-1-4-27/h2,5-13,16,27,42H,1,3-4,14-15,17-22H2,(H,34,36). The highest BCUT2D eigenvalue weighted by Crippen LogP contribution is 2.36. The van der Waals surface area contributed by atoms with Crippen molar-refractivity contribution in [2.75, 3.05) is 49.5 Å². The Morgan fingerprint density at radius 2 is 1.64 bits per heavy atom. The molecule has 3 aliphatic rings. The van der Waals surface area contributed by atoms with Gasteiger partial charge in [0.25, 0.3) is 5.91 Å². The Kier molecular flexibility index (Phi) is 7.25. The quantitative estimate of drug-likeness (QED) is 0.332. The predicted octanol–water partition coefficient (Wildman–Crippen LogP) is 4.92. The largest absolute Gasteiger partial charge is 0.385 e. The summed E-state index contributed by atoms with van der Waals surface area (Å²) in [5.41, 5.74) is 3.29. The van der Waals surface area contributed by atoms with Crippen molar-refractivity contribution in [1.29, 1.82) is 0 Å². The molecule has 0 unspecified atom stereocenters. The molecule has 1 amide bonds. The number of carbonyl (C=O) groups excluding carboxylic acids is 1. The molecule has 2 aromatic carbocycles. The molecule has 10 heteroatoms. The molecule has 2 aromatic heterocycles. The zero-order chi connectivity index (χ0) is 28.7. The summed E-state index contributed by atoms with van der Waals surface area (Å²) in [6, 6.07) is 19.8. The number of nitrogens with one attached hydrogen (secondary N) is 1. The minimum absolute atomic E-state index is 0.0924. The monoisotopic (exact) mass is 585 g/mol. The van der Waals surface area contributed by atoms with Crippen molar-refractivity contribution < 1.29 is 9.90 Å². The lowest BCUT2D eigenvalue weighted by atomic mass is 9.84. The number of carbonyl (C=O) groups is 1. The van der Waals surface area contributed by atoms with Crippen LogP contribution >= 0.6 is 11.6 Å². The Hall–Kier alpha value is -3.66. The van der Waals surface area contributed by atoms with Gasteiger partial charge in [0.2, 0.25) is 5.95 Å². The van der Waals surface area contributed by atoms with Crippen LogP contribution in [0, 0.1) is 0 Å². The van der Waals surface area contributed by atoms with E-state index in [-0.39, 0.29) is 5.91 Å². The third kappa shape index (κ3) is 5.32. The second-order valence-corrected chi connectivity index (χ2v) is 12.2. The van der Waals surface area contributed by atoms with Crippen LogP contribution in [0.25, 0.3) is 5.65 Å². The normalized spacial score (nSPS) is 19.6. The van der Waals surface area contributed by atoms with Gasteiger partial charge in [0.05, 0.1) is 11.3 Å². The molecule has 2 N–H and O–H groups in total. The van der Waals surface area contributed by atoms with E-state index in [2.05, 4.69) is 20.2 Å². The van der Waals surface area contributed by atoms with Gasteiger partial charge in [-0.15, -0.1) is 5.10 Å². The number of hydrogen-bond donors (Lipinski definition) is 2. The van der Waals surface area contributed by atoms with Crippen LogP contribution in [0.5, 0.6) is 0 Å². The van der Waals surface area contributed by atoms with Crippen LogP contribution in [-0.4, -0.2) is 80.7 Å². The van der Waals surface area contributed by atoms with E-state index in [9.17, 15) is 9.90 Å². The summed E-state index contributed by atoms with van der Waals surface area (Å²) >= 11 is 6.05. The van der Waals surface area contributed by atoms with Gasteiger partial charge in [-0.05, 0) is 79.8 Å². The number of aromatic nitrogens is 3. The molecule has 7 rings (SSSR count). The number of aliphatic hydroxyl groups is 1. The van der Waals surface area contributed by atoms with Crippen LogP contribution in [0.15, 0.2) is 66.9 Å². The van der Waals surface area contributed by atoms with E-state index in [1.54, 1.807) is 4.52 Å². The Morgan fingerprint density at radius 3 is 2.31 bits per heavy atom. The average Bonchev–Trinajstić information content (AvgIpc) is 3.40. The first-order chi connectivity index (χ1) is 20.4. The number of piperazine rings is 1. The first-order valence-corrected chi connectivity index (χ1v) is 15.3. The Labute approximate surface area is 250 Å². The molecule has 1 saturated carbocycles. The molecule has 42 heavy (non-hydrogen) atoms. The van der Waals surface area contributed by atoms with Crippen LogP contribution in [0.2, 0.25) is 5.02 Å². The van der Waals surface area contributed by atoms with E-state index in [1.165, 1.54) is 19.3 Å². The summed E-state index contributed by atoms with van der Waals surface area (Å²) in [5, 5.41) is 19.9. The first-order valence-electron chi connectivity index (χ1n) is 14.9. The predicted molar refractivity (Wildman–Crippen MR) is 165 cm³/mol. The Balaban J connectivity index is 0.996. The molecule has 0 radical (unpaired) electrons. The second kappa shape index (κ2) is 11.2. The molecular weight excluding hydrogens is 550 g/mol. The number of hydrogen-bond acceptors (Lipinski definition) is 7. The van der Waals surface area contributed by atoms with Crippen molar-refractivity contribution in [2.45, 2.75) is 43.7 Å². The number of anilines is 3. The second-order valence-electron chi connectivity index (χ2n) is 11.7. The zero-order valence-electron chi connectivity index (χ0n) is 23.6. The lowest BCUT2D eigenvalue weighted by Crippen LogP contribution is -2.53. The topological polar surface area (TPSA) is 89.2 Å². The van der Waals surface area contributed by atoms with Crippen LogP contribution in [0.4, 0.5) is 17.3 Å². The number of amides is 1. The SMILES string of the molecule is O=C(c1ccc(Nc2nc3c(N4CCC(O)(c5ccc(Cl)cc5)CC4)cccn3n2)cc1)N1CCN(C2CCC2)CC1. The maximum Gasteiger partial charge on any atom is 0.253 e. The number of pyridine rings is 1. The van der Waals surface area contributed by atoms with E-state index in [0.29, 0.717) is 42.5 Å². The van der Waals surface area contributed by atoms with Crippen molar-refractivity contribution in [3.8, 4) is 0 Å². The summed E-state index contributed by atoms with van der Waals surface area (Å²) in [5.74, 6) is 0.582. The number of nitrogens with zero attached hydrogens (tertiary/aromatic N) is 6. The fraction of sp³-hybridized carbons (Fsp3) is 0.406. The molecule has 3 fully saturated rings. The smallest absolute Gasteiger partial charge is 0.253 e. The highest BCUT2D eigenvalue weighted by atomic mass is 35.5. The van der Waals surface area contributed by atoms with Crippen molar-refractivity contribution >= 4 is 40.5 Å². The Bertz CT molecular complexity index is 1550. The maximum absolute atomic E-state index is 13.1. The highest BCUT2D eigenvalue weighted by molar-refractivity contribution is 6.30. The maximum atomic E-state index is 13.1. The number of rotatable bonds is 6. The summed E-state index contributed by atoms with van der Waals surface area (Å²) in [6.45, 7) is 4.91. The third-order valence-corrected chi connectivity index (χ3v) is 9.49. The number of piperidine rings is 1. The molecule has 218 valence electrons. The molecule has 4 heterocycles. The van der Waals surface area contributed by atoms with E-state index in [0.717, 1.165) is 54.8 Å². The van der Waals surface area contributed by atoms with Gasteiger partial charge in [-0.3, -0.25) is 9.69 Å². The van der Waals surface area contributed by atoms with Gasteiger partial charge >= 0.3 is 0 Å². The van der Waals surface area contributed by atoms with Crippen molar-refractivity contribution in [3.63, 3.8) is 0 Å². The number of halogens is 1. The van der Waals surface area contributed by atoms with E-state index < -0.39 is 5.60 Å². The van der Waals surface area contributed by atoms with Gasteiger partial charge in [0, 0.05) is 67.8 Å². The lowest BCUT2D eigenvalue weighted by molar-refractivity contribution is 0.0118. The van der Waals surface area contributed by atoms with Crippen molar-refractivity contribution in [3.05, 3.63) is 83.0 Å². The molecule has 0 bridgehead atoms. The van der Waals surface area contributed by atoms with Gasteiger partial charge in [-0.2, -0.15) is 4.98 Å². The summed E-state index contributed by atoms with van der Waals surface area (Å²) in [7, 11) is 0. The van der Waals surface area contributed by atoms with Crippen molar-refractivity contribution in [1.82, 2.24) is 24.4 Å². The molecule has 2 saturated heterocycles. The van der Waals surface area contributed by atoms with Crippen LogP contribution in [0.1, 0.15) is 48.0 Å². The summed E-state index contributed by atoms with van der Waals surface area (Å²) in [6.07, 6.45) is 7.05. The third-order valence-electron chi connectivity index (χ3n) is 9.24. The van der Waals surface area contributed by atoms with Gasteiger partial charge in [-0.1, -0.05) is 30.2 Å². The van der Waals surface area contributed by atoms with Gasteiger partial charge in [0.15, 0.2) is 5.65 Å². The van der Waals surface area contributed by atoms with Crippen LogP contribution in [-0.2, 0) is 5.60 Å². The Morgan fingerprint density at radius 1 is 0.929 bits per heavy atom. The zero-order valence-corrected chi connectivity index (χ0v) is 24.4. The van der Waals surface area contributed by atoms with E-state index >= 15 is 0 Å². The van der Waals surface area contributed by atoms with E-state index in [1.807, 2.05) is 71.8 Å². The minimum Gasteiger partial charge on any atom is -0.385 e. The molecule has 4 aromatic rings.